The fraction of sp³-hybridized carbons (Fsp3) is 0.722. The van der Waals surface area contributed by atoms with Crippen LogP contribution in [0.1, 0.15) is 64.9 Å². The van der Waals surface area contributed by atoms with E-state index in [1.165, 1.54) is 54.7 Å². The number of hydrogen-bond donors (Lipinski definition) is 0. The Morgan fingerprint density at radius 1 is 1.05 bits per heavy atom. The molecule has 0 aromatic carbocycles. The maximum atomic E-state index is 9.67. The second-order valence-electron chi connectivity index (χ2n) is 6.21. The van der Waals surface area contributed by atoms with Gasteiger partial charge in [-0.2, -0.15) is 0 Å². The molecule has 0 saturated heterocycles. The zero-order chi connectivity index (χ0) is 16.4. The summed E-state index contributed by atoms with van der Waals surface area (Å²) in [5.74, 6) is 0.813. The van der Waals surface area contributed by atoms with Crippen molar-refractivity contribution < 1.29 is 4.74 Å². The second-order valence-corrected chi connectivity index (χ2v) is 21.1. The van der Waals surface area contributed by atoms with Crippen LogP contribution < -0.4 is 7.63 Å². The molecule has 0 amide bonds. The third-order valence-electron chi connectivity index (χ3n) is 4.60. The number of nitrogens with zero attached hydrogens (tertiary/aromatic N) is 1. The molecule has 0 saturated carbocycles. The van der Waals surface area contributed by atoms with E-state index >= 15 is 0 Å². The van der Waals surface area contributed by atoms with Crippen LogP contribution in [0.5, 0.6) is 5.75 Å². The van der Waals surface area contributed by atoms with E-state index in [-0.39, 0.29) is 0 Å². The molecule has 4 heteroatoms. The van der Waals surface area contributed by atoms with Crippen molar-refractivity contribution in [2.24, 2.45) is 0 Å². The van der Waals surface area contributed by atoms with Crippen LogP contribution in [0.15, 0.2) is 5.38 Å². The molecule has 0 atom stereocenters. The predicted octanol–water partition coefficient (Wildman–Crippen LogP) is 5.68. The van der Waals surface area contributed by atoms with Crippen LogP contribution in [0.4, 0.5) is 0 Å². The molecule has 124 valence electrons. The summed E-state index contributed by atoms with van der Waals surface area (Å²) >= 11 is -0.648. The molecule has 0 fully saturated rings. The average molecular weight is 428 g/mol. The first-order chi connectivity index (χ1) is 10.7. The van der Waals surface area contributed by atoms with E-state index in [1.54, 1.807) is 7.11 Å². The van der Waals surface area contributed by atoms with E-state index in [0.717, 1.165) is 11.3 Å². The van der Waals surface area contributed by atoms with Gasteiger partial charge in [0, 0.05) is 0 Å². The molecular formula is C18H31NOSSn. The molecule has 0 N–H and O–H groups in total. The Bertz CT molecular complexity index is 456. The molecule has 0 bridgehead atoms. The molecule has 0 radical (unpaired) electrons. The van der Waals surface area contributed by atoms with E-state index in [9.17, 15) is 5.26 Å². The second kappa shape index (κ2) is 10.5. The Morgan fingerprint density at radius 2 is 1.55 bits per heavy atom. The van der Waals surface area contributed by atoms with E-state index in [0.29, 0.717) is 0 Å². The molecule has 0 aliphatic heterocycles. The molecule has 1 aromatic heterocycles. The molecule has 1 heterocycles. The monoisotopic (exact) mass is 429 g/mol. The normalized spacial score (nSPS) is 11.4. The summed E-state index contributed by atoms with van der Waals surface area (Å²) in [6.45, 7) is 6.86. The van der Waals surface area contributed by atoms with Crippen molar-refractivity contribution in [3.63, 3.8) is 0 Å². The molecule has 22 heavy (non-hydrogen) atoms. The topological polar surface area (TPSA) is 33.0 Å². The Kier molecular flexibility index (Phi) is 9.50. The number of hydrogen-bond acceptors (Lipinski definition) is 3. The summed E-state index contributed by atoms with van der Waals surface area (Å²) in [7, 11) is 1.69. The number of rotatable bonds is 11. The van der Waals surface area contributed by atoms with Crippen LogP contribution in [0, 0.1) is 11.3 Å². The average Bonchev–Trinajstić information content (AvgIpc) is 2.98. The standard InChI is InChI=1S/C6H4NOS.3C4H9.Sn/c1-8-6-4-9-3-5(6)2-7;3*1-3-4-2;/h4H,1H3;3*1,3-4H2,2H3;. The Labute approximate surface area is 144 Å². The van der Waals surface area contributed by atoms with Crippen molar-refractivity contribution in [1.29, 1.82) is 5.26 Å². The van der Waals surface area contributed by atoms with E-state index in [2.05, 4.69) is 32.2 Å². The van der Waals surface area contributed by atoms with Crippen molar-refractivity contribution >= 4 is 32.6 Å². The molecule has 2 nitrogen and oxygen atoms in total. The number of unbranched alkanes of at least 4 members (excludes halogenated alkanes) is 3. The quantitative estimate of drug-likeness (QED) is 0.425. The number of methoxy groups -OCH3 is 1. The van der Waals surface area contributed by atoms with Crippen LogP contribution in [0.2, 0.25) is 13.3 Å². The van der Waals surface area contributed by atoms with Crippen LogP contribution in [-0.4, -0.2) is 25.5 Å². The summed E-state index contributed by atoms with van der Waals surface area (Å²) in [4.78, 5) is 0. The molecule has 1 rings (SSSR count). The van der Waals surface area contributed by atoms with Gasteiger partial charge in [-0.15, -0.1) is 0 Å². The van der Waals surface area contributed by atoms with E-state index < -0.39 is 18.4 Å². The van der Waals surface area contributed by atoms with Gasteiger partial charge in [-0.05, 0) is 0 Å². The van der Waals surface area contributed by atoms with Gasteiger partial charge in [0.05, 0.1) is 0 Å². The Hall–Kier alpha value is -0.211. The van der Waals surface area contributed by atoms with Crippen LogP contribution in [0.3, 0.4) is 0 Å². The zero-order valence-electron chi connectivity index (χ0n) is 14.7. The Morgan fingerprint density at radius 3 is 1.91 bits per heavy atom. The first-order valence-corrected chi connectivity index (χ1v) is 17.1. The van der Waals surface area contributed by atoms with Gasteiger partial charge in [-0.1, -0.05) is 0 Å². The van der Waals surface area contributed by atoms with Crippen LogP contribution in [-0.2, 0) is 0 Å². The number of thiophene rings is 1. The van der Waals surface area contributed by atoms with E-state index in [4.69, 9.17) is 4.74 Å². The summed E-state index contributed by atoms with van der Waals surface area (Å²) < 4.78 is 11.2. The number of ether oxygens (including phenoxy) is 1. The van der Waals surface area contributed by atoms with Crippen LogP contribution >= 0.6 is 11.3 Å². The molecule has 0 aliphatic carbocycles. The minimum atomic E-state index is -2.48. The Balaban J connectivity index is 3.25. The molecule has 0 unspecified atom stereocenters. The third kappa shape index (κ3) is 4.89. The van der Waals surface area contributed by atoms with Gasteiger partial charge in [0.1, 0.15) is 0 Å². The van der Waals surface area contributed by atoms with Gasteiger partial charge in [0.2, 0.25) is 0 Å². The van der Waals surface area contributed by atoms with Crippen molar-refractivity contribution in [3.05, 3.63) is 10.9 Å². The third-order valence-corrected chi connectivity index (χ3v) is 24.0. The number of nitriles is 1. The van der Waals surface area contributed by atoms with Gasteiger partial charge >= 0.3 is 145 Å². The first-order valence-electron chi connectivity index (χ1n) is 8.75. The molecule has 0 aliphatic rings. The van der Waals surface area contributed by atoms with Gasteiger partial charge in [-0.3, -0.25) is 0 Å². The molecular weight excluding hydrogens is 397 g/mol. The van der Waals surface area contributed by atoms with Crippen molar-refractivity contribution in [2.75, 3.05) is 7.11 Å². The summed E-state index contributed by atoms with van der Waals surface area (Å²) in [6, 6.07) is 2.47. The summed E-state index contributed by atoms with van der Waals surface area (Å²) in [6.07, 6.45) is 7.78. The fourth-order valence-corrected chi connectivity index (χ4v) is 23.8. The minimum absolute atomic E-state index is 0.813. The zero-order valence-corrected chi connectivity index (χ0v) is 18.4. The van der Waals surface area contributed by atoms with Crippen LogP contribution in [0.25, 0.3) is 0 Å². The van der Waals surface area contributed by atoms with Crippen molar-refractivity contribution in [3.8, 4) is 11.8 Å². The first kappa shape index (κ1) is 19.8. The van der Waals surface area contributed by atoms with Crippen molar-refractivity contribution in [2.45, 2.75) is 72.6 Å². The van der Waals surface area contributed by atoms with Gasteiger partial charge < -0.3 is 0 Å². The van der Waals surface area contributed by atoms with Gasteiger partial charge in [0.25, 0.3) is 0 Å². The van der Waals surface area contributed by atoms with Gasteiger partial charge in [-0.25, -0.2) is 0 Å². The predicted molar refractivity (Wildman–Crippen MR) is 100 cm³/mol. The maximum absolute atomic E-state index is 9.67. The summed E-state index contributed by atoms with van der Waals surface area (Å²) in [5, 5.41) is 11.7. The summed E-state index contributed by atoms with van der Waals surface area (Å²) in [5.41, 5.74) is 0.881. The van der Waals surface area contributed by atoms with Crippen molar-refractivity contribution in [1.82, 2.24) is 0 Å². The molecule has 0 spiro atoms. The SMILES string of the molecule is CCC[CH2][Sn]([CH2]CCC)([CH2]CCC)[c]1scc(OC)c1C#N. The molecule has 1 aromatic rings. The van der Waals surface area contributed by atoms with Gasteiger partial charge in [0.15, 0.2) is 0 Å². The fourth-order valence-electron chi connectivity index (χ4n) is 3.25. The van der Waals surface area contributed by atoms with E-state index in [1.807, 2.05) is 11.3 Å².